The standard InChI is InChI=1S/C21H18N4O4.ClH/c22-21(28)20-15-4-1-11(2-6-18(27)25-23)7-16(15)19(29-20)12-3-5-17-13(8-12)9-14(10-26)24-17;/h1,3-5,7-8,24H,2,6,9,23H2,(H2,22,28)(H,25,27);1H. The molecule has 3 aromatic rings. The highest BCUT2D eigenvalue weighted by atomic mass is 35.5. The van der Waals surface area contributed by atoms with Crippen molar-refractivity contribution in [2.45, 2.75) is 19.3 Å². The van der Waals surface area contributed by atoms with E-state index in [-0.39, 0.29) is 30.5 Å². The lowest BCUT2D eigenvalue weighted by Gasteiger charge is -2.04. The molecule has 1 aliphatic heterocycles. The van der Waals surface area contributed by atoms with Crippen molar-refractivity contribution in [2.75, 3.05) is 5.32 Å². The molecule has 154 valence electrons. The molecule has 1 aromatic heterocycles. The number of benzene rings is 2. The second-order valence-electron chi connectivity index (χ2n) is 6.83. The van der Waals surface area contributed by atoms with Gasteiger partial charge in [0, 0.05) is 34.9 Å². The third kappa shape index (κ3) is 3.79. The monoisotopic (exact) mass is 426 g/mol. The number of hydrazine groups is 1. The van der Waals surface area contributed by atoms with E-state index < -0.39 is 5.91 Å². The molecule has 2 amide bonds. The van der Waals surface area contributed by atoms with Gasteiger partial charge in [0.1, 0.15) is 17.4 Å². The van der Waals surface area contributed by atoms with Gasteiger partial charge in [-0.15, -0.1) is 12.4 Å². The molecule has 0 aliphatic carbocycles. The summed E-state index contributed by atoms with van der Waals surface area (Å²) in [5.41, 5.74) is 11.5. The molecule has 0 spiro atoms. The molecule has 0 radical (unpaired) electrons. The number of aryl methyl sites for hydroxylation is 1. The summed E-state index contributed by atoms with van der Waals surface area (Å²) in [5.74, 6) is 6.67. The molecule has 0 unspecified atom stereocenters. The molecule has 30 heavy (non-hydrogen) atoms. The SMILES string of the molecule is Cl.NNC(=O)CCc1ccc2c(C(N)=O)oc(-c3ccc4c(c3)CC(=C=O)N4)c2c1. The normalized spacial score (nSPS) is 12.0. The van der Waals surface area contributed by atoms with Gasteiger partial charge in [0.2, 0.25) is 5.91 Å². The Morgan fingerprint density at radius 2 is 1.97 bits per heavy atom. The molecule has 9 heteroatoms. The Kier molecular flexibility index (Phi) is 5.94. The Morgan fingerprint density at radius 3 is 2.67 bits per heavy atom. The van der Waals surface area contributed by atoms with Crippen LogP contribution < -0.4 is 22.3 Å². The van der Waals surface area contributed by atoms with Gasteiger partial charge in [-0.25, -0.2) is 10.6 Å². The van der Waals surface area contributed by atoms with Crippen LogP contribution >= 0.6 is 12.4 Å². The zero-order valence-corrected chi connectivity index (χ0v) is 16.6. The average Bonchev–Trinajstić information content (AvgIpc) is 3.32. The Labute approximate surface area is 177 Å². The van der Waals surface area contributed by atoms with Gasteiger partial charge in [-0.1, -0.05) is 12.1 Å². The van der Waals surface area contributed by atoms with Gasteiger partial charge in [-0.3, -0.25) is 15.0 Å². The molecule has 0 bridgehead atoms. The molecular weight excluding hydrogens is 408 g/mol. The number of nitrogens with one attached hydrogen (secondary N) is 2. The predicted molar refractivity (Wildman–Crippen MR) is 115 cm³/mol. The van der Waals surface area contributed by atoms with E-state index in [1.807, 2.05) is 36.3 Å². The van der Waals surface area contributed by atoms with Crippen molar-refractivity contribution in [1.82, 2.24) is 5.43 Å². The fourth-order valence-electron chi connectivity index (χ4n) is 3.53. The van der Waals surface area contributed by atoms with Gasteiger partial charge in [0.25, 0.3) is 5.91 Å². The second-order valence-corrected chi connectivity index (χ2v) is 6.83. The number of fused-ring (bicyclic) bond motifs is 2. The molecule has 2 heterocycles. The molecule has 1 aliphatic rings. The van der Waals surface area contributed by atoms with Crippen LogP contribution in [0.1, 0.15) is 28.1 Å². The van der Waals surface area contributed by atoms with E-state index in [1.165, 1.54) is 0 Å². The summed E-state index contributed by atoms with van der Waals surface area (Å²) >= 11 is 0. The fraction of sp³-hybridized carbons (Fsp3) is 0.143. The first-order valence-corrected chi connectivity index (χ1v) is 8.99. The van der Waals surface area contributed by atoms with Crippen LogP contribution in [0.2, 0.25) is 0 Å². The van der Waals surface area contributed by atoms with Crippen LogP contribution in [0.15, 0.2) is 46.5 Å². The van der Waals surface area contributed by atoms with Crippen LogP contribution in [0, 0.1) is 0 Å². The van der Waals surface area contributed by atoms with Crippen LogP contribution in [0.25, 0.3) is 22.1 Å². The van der Waals surface area contributed by atoms with Crippen LogP contribution in [-0.2, 0) is 22.4 Å². The number of furan rings is 1. The molecular formula is C21H19ClN4O4. The fourth-order valence-corrected chi connectivity index (χ4v) is 3.53. The number of halogens is 1. The first-order chi connectivity index (χ1) is 14.0. The Balaban J connectivity index is 0.00000256. The number of rotatable bonds is 5. The lowest BCUT2D eigenvalue weighted by molar-refractivity contribution is -0.121. The number of anilines is 1. The highest BCUT2D eigenvalue weighted by Gasteiger charge is 2.21. The molecule has 0 saturated carbocycles. The summed E-state index contributed by atoms with van der Waals surface area (Å²) in [7, 11) is 0. The smallest absolute Gasteiger partial charge is 0.285 e. The van der Waals surface area contributed by atoms with E-state index in [0.717, 1.165) is 27.8 Å². The summed E-state index contributed by atoms with van der Waals surface area (Å²) in [5, 5.41) is 4.33. The van der Waals surface area contributed by atoms with Crippen LogP contribution in [0.5, 0.6) is 0 Å². The van der Waals surface area contributed by atoms with Crippen molar-refractivity contribution >= 4 is 46.6 Å². The summed E-state index contributed by atoms with van der Waals surface area (Å²) in [6, 6.07) is 11.1. The zero-order chi connectivity index (χ0) is 20.5. The number of primary amides is 1. The number of nitrogens with two attached hydrogens (primary N) is 2. The average molecular weight is 427 g/mol. The Bertz CT molecular complexity index is 1210. The minimum absolute atomic E-state index is 0. The van der Waals surface area contributed by atoms with Gasteiger partial charge < -0.3 is 15.5 Å². The quantitative estimate of drug-likeness (QED) is 0.213. The maximum atomic E-state index is 11.9. The van der Waals surface area contributed by atoms with E-state index >= 15 is 0 Å². The van der Waals surface area contributed by atoms with Gasteiger partial charge in [-0.2, -0.15) is 0 Å². The Morgan fingerprint density at radius 1 is 1.17 bits per heavy atom. The molecule has 0 fully saturated rings. The van der Waals surface area contributed by atoms with Crippen LogP contribution in [0.3, 0.4) is 0 Å². The lowest BCUT2D eigenvalue weighted by atomic mass is 10.00. The highest BCUT2D eigenvalue weighted by molar-refractivity contribution is 6.08. The highest BCUT2D eigenvalue weighted by Crippen LogP contribution is 2.37. The van der Waals surface area contributed by atoms with Gasteiger partial charge in [0.05, 0.1) is 0 Å². The minimum atomic E-state index is -0.662. The zero-order valence-electron chi connectivity index (χ0n) is 15.8. The number of hydrogen-bond donors (Lipinski definition) is 4. The van der Waals surface area contributed by atoms with Crippen molar-refractivity contribution < 1.29 is 18.8 Å². The summed E-state index contributed by atoms with van der Waals surface area (Å²) in [4.78, 5) is 34.2. The van der Waals surface area contributed by atoms with E-state index in [9.17, 15) is 14.4 Å². The van der Waals surface area contributed by atoms with Crippen molar-refractivity contribution in [1.29, 1.82) is 0 Å². The lowest BCUT2D eigenvalue weighted by Crippen LogP contribution is -2.30. The third-order valence-electron chi connectivity index (χ3n) is 4.95. The van der Waals surface area contributed by atoms with Gasteiger partial charge in [0.15, 0.2) is 5.76 Å². The van der Waals surface area contributed by atoms with Gasteiger partial charge in [-0.05, 0) is 41.8 Å². The summed E-state index contributed by atoms with van der Waals surface area (Å²) in [6.45, 7) is 0. The van der Waals surface area contributed by atoms with Crippen LogP contribution in [-0.4, -0.2) is 17.8 Å². The largest absolute Gasteiger partial charge is 0.450 e. The summed E-state index contributed by atoms with van der Waals surface area (Å²) in [6.07, 6.45) is 1.17. The second kappa shape index (κ2) is 8.42. The maximum Gasteiger partial charge on any atom is 0.285 e. The van der Waals surface area contributed by atoms with Crippen LogP contribution in [0.4, 0.5) is 5.69 Å². The number of hydrogen-bond acceptors (Lipinski definition) is 6. The number of carbonyl (C=O) groups is 2. The molecule has 0 saturated heterocycles. The molecule has 2 aromatic carbocycles. The molecule has 4 rings (SSSR count). The van der Waals surface area contributed by atoms with Gasteiger partial charge >= 0.3 is 0 Å². The third-order valence-corrected chi connectivity index (χ3v) is 4.95. The number of allylic oxidation sites excluding steroid dienone is 1. The van der Waals surface area contributed by atoms with E-state index in [2.05, 4.69) is 10.7 Å². The summed E-state index contributed by atoms with van der Waals surface area (Å²) < 4.78 is 5.85. The number of amides is 2. The first-order valence-electron chi connectivity index (χ1n) is 8.99. The van der Waals surface area contributed by atoms with Crippen molar-refractivity contribution in [3.8, 4) is 11.3 Å². The number of carbonyl (C=O) groups excluding carboxylic acids is 3. The van der Waals surface area contributed by atoms with Crippen molar-refractivity contribution in [3.05, 3.63) is 59.0 Å². The topological polar surface area (TPSA) is 140 Å². The van der Waals surface area contributed by atoms with Crippen molar-refractivity contribution in [2.24, 2.45) is 11.6 Å². The molecule has 8 nitrogen and oxygen atoms in total. The maximum absolute atomic E-state index is 11.9. The van der Waals surface area contributed by atoms with Crippen molar-refractivity contribution in [3.63, 3.8) is 0 Å². The minimum Gasteiger partial charge on any atom is -0.450 e. The first kappa shape index (κ1) is 21.1. The van der Waals surface area contributed by atoms with E-state index in [0.29, 0.717) is 29.7 Å². The van der Waals surface area contributed by atoms with E-state index in [1.54, 1.807) is 6.07 Å². The molecule has 0 atom stereocenters. The Hall–Kier alpha value is -3.58. The predicted octanol–water partition coefficient (Wildman–Crippen LogP) is 2.23. The van der Waals surface area contributed by atoms with E-state index in [4.69, 9.17) is 16.0 Å². The molecule has 6 N–H and O–H groups in total.